The van der Waals surface area contributed by atoms with Crippen molar-refractivity contribution in [3.63, 3.8) is 0 Å². The summed E-state index contributed by atoms with van der Waals surface area (Å²) in [4.78, 5) is 4.81. The van der Waals surface area contributed by atoms with Gasteiger partial charge in [0.25, 0.3) is 0 Å². The van der Waals surface area contributed by atoms with Crippen LogP contribution in [0.25, 0.3) is 21.9 Å². The van der Waals surface area contributed by atoms with Crippen LogP contribution >= 0.6 is 7.60 Å². The summed E-state index contributed by atoms with van der Waals surface area (Å²) in [7, 11) is -1.47. The second-order valence-corrected chi connectivity index (χ2v) is 12.8. The second-order valence-electron chi connectivity index (χ2n) is 10.9. The first-order valence-corrected chi connectivity index (χ1v) is 13.7. The van der Waals surface area contributed by atoms with Crippen molar-refractivity contribution in [1.29, 1.82) is 0 Å². The molecule has 0 aliphatic carbocycles. The summed E-state index contributed by atoms with van der Waals surface area (Å²) in [6, 6.07) is 20.7. The second kappa shape index (κ2) is 9.42. The van der Waals surface area contributed by atoms with E-state index >= 15 is 0 Å². The van der Waals surface area contributed by atoms with E-state index in [2.05, 4.69) is 46.3 Å². The van der Waals surface area contributed by atoms with E-state index in [9.17, 15) is 4.57 Å². The number of benzene rings is 2. The monoisotopic (exact) mass is 493 g/mol. The first-order chi connectivity index (χ1) is 16.4. The molecule has 0 aliphatic heterocycles. The normalized spacial score (nSPS) is 13.0. The highest BCUT2D eigenvalue weighted by Crippen LogP contribution is 2.56. The first-order valence-electron chi connectivity index (χ1n) is 12.0. The molecule has 7 heteroatoms. The zero-order valence-corrected chi connectivity index (χ0v) is 22.6. The van der Waals surface area contributed by atoms with E-state index in [0.717, 1.165) is 38.9 Å². The molecule has 0 radical (unpaired) electrons. The SMILES string of the molecule is CNc1ccc2c(n1)c1ccccc1n2Cc1ccc(CP(=O)(OC(C)(C)C)OC(C)(C)C)cc1. The number of anilines is 1. The van der Waals surface area contributed by atoms with E-state index in [1.165, 1.54) is 0 Å². The van der Waals surface area contributed by atoms with Gasteiger partial charge in [-0.25, -0.2) is 4.98 Å². The Kier molecular flexibility index (Phi) is 6.85. The molecule has 1 N–H and O–H groups in total. The topological polar surface area (TPSA) is 65.4 Å². The van der Waals surface area contributed by atoms with Crippen molar-refractivity contribution >= 4 is 35.3 Å². The van der Waals surface area contributed by atoms with Gasteiger partial charge in [-0.05, 0) is 70.9 Å². The highest BCUT2D eigenvalue weighted by atomic mass is 31.2. The maximum atomic E-state index is 13.6. The molecule has 0 bridgehead atoms. The molecule has 35 heavy (non-hydrogen) atoms. The third-order valence-corrected chi connectivity index (χ3v) is 7.84. The van der Waals surface area contributed by atoms with Gasteiger partial charge in [0.15, 0.2) is 0 Å². The zero-order valence-electron chi connectivity index (χ0n) is 21.8. The van der Waals surface area contributed by atoms with Crippen molar-refractivity contribution in [2.24, 2.45) is 0 Å². The van der Waals surface area contributed by atoms with Gasteiger partial charge < -0.3 is 18.9 Å². The average molecular weight is 494 g/mol. The Balaban J connectivity index is 1.62. The van der Waals surface area contributed by atoms with Gasteiger partial charge in [-0.3, -0.25) is 4.57 Å². The molecule has 2 aromatic heterocycles. The lowest BCUT2D eigenvalue weighted by molar-refractivity contribution is 0.0485. The Hall–Kier alpha value is -2.66. The largest absolute Gasteiger partial charge is 0.373 e. The van der Waals surface area contributed by atoms with Crippen LogP contribution in [0, 0.1) is 0 Å². The zero-order chi connectivity index (χ0) is 25.4. The molecule has 0 atom stereocenters. The van der Waals surface area contributed by atoms with E-state index in [-0.39, 0.29) is 6.16 Å². The van der Waals surface area contributed by atoms with Gasteiger partial charge in [-0.15, -0.1) is 0 Å². The number of pyridine rings is 1. The molecule has 0 fully saturated rings. The van der Waals surface area contributed by atoms with Crippen molar-refractivity contribution in [2.45, 2.75) is 65.5 Å². The molecule has 2 aromatic carbocycles. The van der Waals surface area contributed by atoms with Crippen LogP contribution in [-0.4, -0.2) is 27.8 Å². The number of rotatable bonds is 7. The summed E-state index contributed by atoms with van der Waals surface area (Å²) in [5.74, 6) is 0.851. The van der Waals surface area contributed by atoms with E-state index in [1.807, 2.05) is 72.9 Å². The van der Waals surface area contributed by atoms with Crippen LogP contribution in [0.4, 0.5) is 5.82 Å². The number of nitrogens with one attached hydrogen (secondary N) is 1. The Labute approximate surface area is 208 Å². The third-order valence-electron chi connectivity index (χ3n) is 5.44. The van der Waals surface area contributed by atoms with Gasteiger partial charge in [-0.2, -0.15) is 0 Å². The molecule has 0 aliphatic rings. The summed E-state index contributed by atoms with van der Waals surface area (Å²) < 4.78 is 27.8. The van der Waals surface area contributed by atoms with Crippen LogP contribution in [0.15, 0.2) is 60.7 Å². The third kappa shape index (κ3) is 6.13. The highest BCUT2D eigenvalue weighted by Gasteiger charge is 2.35. The van der Waals surface area contributed by atoms with Crippen LogP contribution in [-0.2, 0) is 26.3 Å². The van der Waals surface area contributed by atoms with Crippen LogP contribution in [0.3, 0.4) is 0 Å². The lowest BCUT2D eigenvalue weighted by atomic mass is 10.1. The number of hydrogen-bond donors (Lipinski definition) is 1. The molecular weight excluding hydrogens is 457 g/mol. The summed E-state index contributed by atoms with van der Waals surface area (Å²) in [5, 5.41) is 4.27. The van der Waals surface area contributed by atoms with Gasteiger partial charge in [0, 0.05) is 19.0 Å². The van der Waals surface area contributed by atoms with Crippen LogP contribution in [0.1, 0.15) is 52.7 Å². The molecule has 0 spiro atoms. The minimum Gasteiger partial charge on any atom is -0.373 e. The summed E-state index contributed by atoms with van der Waals surface area (Å²) in [5.41, 5.74) is 4.16. The molecule has 0 amide bonds. The number of fused-ring (bicyclic) bond motifs is 3. The molecule has 0 saturated heterocycles. The van der Waals surface area contributed by atoms with E-state index in [4.69, 9.17) is 14.0 Å². The smallest absolute Gasteiger partial charge is 0.336 e. The minimum absolute atomic E-state index is 0.230. The van der Waals surface area contributed by atoms with Gasteiger partial charge in [0.05, 0.1) is 33.9 Å². The van der Waals surface area contributed by atoms with Gasteiger partial charge in [-0.1, -0.05) is 42.5 Å². The summed E-state index contributed by atoms with van der Waals surface area (Å²) in [6.45, 7) is 12.1. The highest BCUT2D eigenvalue weighted by molar-refractivity contribution is 7.53. The van der Waals surface area contributed by atoms with Crippen molar-refractivity contribution in [1.82, 2.24) is 9.55 Å². The quantitative estimate of drug-likeness (QED) is 0.269. The lowest BCUT2D eigenvalue weighted by Gasteiger charge is -2.32. The van der Waals surface area contributed by atoms with Crippen molar-refractivity contribution in [3.8, 4) is 0 Å². The van der Waals surface area contributed by atoms with E-state index in [0.29, 0.717) is 6.54 Å². The van der Waals surface area contributed by atoms with Gasteiger partial charge in [0.1, 0.15) is 5.82 Å². The predicted molar refractivity (Wildman–Crippen MR) is 145 cm³/mol. The Bertz CT molecular complexity index is 1360. The number of aromatic nitrogens is 2. The molecule has 2 heterocycles. The molecule has 6 nitrogen and oxygen atoms in total. The van der Waals surface area contributed by atoms with Gasteiger partial charge in [0.2, 0.25) is 0 Å². The maximum Gasteiger partial charge on any atom is 0.336 e. The van der Waals surface area contributed by atoms with Crippen molar-refractivity contribution < 1.29 is 13.6 Å². The van der Waals surface area contributed by atoms with Crippen molar-refractivity contribution in [2.75, 3.05) is 12.4 Å². The van der Waals surface area contributed by atoms with E-state index in [1.54, 1.807) is 0 Å². The predicted octanol–water partition coefficient (Wildman–Crippen LogP) is 7.60. The fourth-order valence-corrected chi connectivity index (χ4v) is 6.78. The van der Waals surface area contributed by atoms with E-state index < -0.39 is 18.8 Å². The number of nitrogens with zero attached hydrogens (tertiary/aromatic N) is 2. The Morgan fingerprint density at radius 1 is 0.829 bits per heavy atom. The van der Waals surface area contributed by atoms with Gasteiger partial charge >= 0.3 is 7.60 Å². The van der Waals surface area contributed by atoms with Crippen LogP contribution in [0.2, 0.25) is 0 Å². The summed E-state index contributed by atoms with van der Waals surface area (Å²) >= 11 is 0. The molecule has 0 saturated carbocycles. The fraction of sp³-hybridized carbons (Fsp3) is 0.393. The van der Waals surface area contributed by atoms with Crippen LogP contribution in [0.5, 0.6) is 0 Å². The van der Waals surface area contributed by atoms with Crippen LogP contribution < -0.4 is 5.32 Å². The molecule has 186 valence electrons. The summed E-state index contributed by atoms with van der Waals surface area (Å²) in [6.07, 6.45) is 0.230. The molecule has 0 unspecified atom stereocenters. The maximum absolute atomic E-state index is 13.6. The van der Waals surface area contributed by atoms with Crippen molar-refractivity contribution in [3.05, 3.63) is 71.8 Å². The minimum atomic E-state index is -3.35. The lowest BCUT2D eigenvalue weighted by Crippen LogP contribution is -2.24. The standard InChI is InChI=1S/C28H36N3O3P/c1-27(2,3)33-35(32,34-28(4,5)6)19-21-14-12-20(13-15-21)18-31-23-11-9-8-10-22(23)26-24(31)16-17-25(29-7)30-26/h8-17H,18-19H2,1-7H3,(H,29,30). The molecular formula is C28H36N3O3P. The average Bonchev–Trinajstić information content (AvgIpc) is 3.05. The molecule has 4 rings (SSSR count). The molecule has 4 aromatic rings. The Morgan fingerprint density at radius 2 is 1.43 bits per heavy atom. The number of para-hydroxylation sites is 1. The first kappa shape index (κ1) is 25.4. The Morgan fingerprint density at radius 3 is 2.03 bits per heavy atom. The fourth-order valence-electron chi connectivity index (χ4n) is 4.29. The number of hydrogen-bond acceptors (Lipinski definition) is 5.